The third-order valence-corrected chi connectivity index (χ3v) is 5.39. The Labute approximate surface area is 169 Å². The van der Waals surface area contributed by atoms with Crippen molar-refractivity contribution in [2.45, 2.75) is 25.4 Å². The zero-order valence-electron chi connectivity index (χ0n) is 16.5. The monoisotopic (exact) mass is 391 g/mol. The van der Waals surface area contributed by atoms with E-state index >= 15 is 0 Å². The van der Waals surface area contributed by atoms with Crippen molar-refractivity contribution in [1.82, 2.24) is 20.2 Å². The van der Waals surface area contributed by atoms with E-state index in [2.05, 4.69) is 15.6 Å². The topological polar surface area (TPSA) is 79.3 Å². The van der Waals surface area contributed by atoms with Crippen molar-refractivity contribution in [3.8, 4) is 0 Å². The van der Waals surface area contributed by atoms with Crippen LogP contribution in [0.15, 0.2) is 59.4 Å². The Bertz CT molecular complexity index is 1060. The predicted octanol–water partition coefficient (Wildman–Crippen LogP) is 2.40. The molecule has 7 heteroatoms. The van der Waals surface area contributed by atoms with Crippen molar-refractivity contribution >= 4 is 22.9 Å². The van der Waals surface area contributed by atoms with E-state index in [1.54, 1.807) is 11.6 Å². The van der Waals surface area contributed by atoms with Crippen LogP contribution in [0.5, 0.6) is 0 Å². The Morgan fingerprint density at radius 1 is 1.07 bits per heavy atom. The van der Waals surface area contributed by atoms with Crippen LogP contribution >= 0.6 is 0 Å². The molecule has 1 aliphatic rings. The molecule has 0 atom stereocenters. The molecule has 1 aromatic heterocycles. The van der Waals surface area contributed by atoms with Gasteiger partial charge in [-0.15, -0.1) is 0 Å². The number of nitrogens with one attached hydrogen (secondary N) is 2. The van der Waals surface area contributed by atoms with Gasteiger partial charge in [0, 0.05) is 32.7 Å². The highest BCUT2D eigenvalue weighted by atomic mass is 16.2. The van der Waals surface area contributed by atoms with Crippen LogP contribution < -0.4 is 21.1 Å². The van der Waals surface area contributed by atoms with E-state index in [-0.39, 0.29) is 17.6 Å². The van der Waals surface area contributed by atoms with Gasteiger partial charge in [-0.2, -0.15) is 0 Å². The van der Waals surface area contributed by atoms with Crippen LogP contribution in [0, 0.1) is 0 Å². The van der Waals surface area contributed by atoms with Crippen molar-refractivity contribution in [1.29, 1.82) is 0 Å². The number of para-hydroxylation sites is 2. The highest BCUT2D eigenvalue weighted by Gasteiger charge is 2.24. The largest absolute Gasteiger partial charge is 0.352 e. The number of aromatic nitrogens is 2. The second-order valence-electron chi connectivity index (χ2n) is 7.36. The number of carbonyl (C=O) groups is 1. The van der Waals surface area contributed by atoms with E-state index in [1.807, 2.05) is 59.5 Å². The molecule has 2 aromatic carbocycles. The Balaban J connectivity index is 1.35. The molecule has 2 heterocycles. The van der Waals surface area contributed by atoms with Gasteiger partial charge in [0.15, 0.2) is 5.82 Å². The van der Waals surface area contributed by atoms with Gasteiger partial charge < -0.3 is 20.1 Å². The lowest BCUT2D eigenvalue weighted by Gasteiger charge is -2.33. The standard InChI is InChI=1S/C22H25N5O2/c1-26-19-10-6-5-9-18(19)25-20(21(26)28)27-13-11-17(12-14-27)24-22(29)23-15-16-7-3-2-4-8-16/h2-10,17H,11-15H2,1H3,(H2,23,24,29). The third-order valence-electron chi connectivity index (χ3n) is 5.39. The van der Waals surface area contributed by atoms with Crippen molar-refractivity contribution < 1.29 is 4.79 Å². The van der Waals surface area contributed by atoms with Gasteiger partial charge in [-0.3, -0.25) is 4.79 Å². The van der Waals surface area contributed by atoms with Gasteiger partial charge in [-0.1, -0.05) is 42.5 Å². The first-order chi connectivity index (χ1) is 14.1. The van der Waals surface area contributed by atoms with Crippen molar-refractivity contribution in [3.05, 3.63) is 70.5 Å². The van der Waals surface area contributed by atoms with Crippen LogP contribution in [-0.2, 0) is 13.6 Å². The van der Waals surface area contributed by atoms with Gasteiger partial charge in [0.1, 0.15) is 0 Å². The molecule has 2 N–H and O–H groups in total. The number of urea groups is 1. The smallest absolute Gasteiger partial charge is 0.315 e. The van der Waals surface area contributed by atoms with E-state index in [1.165, 1.54) is 0 Å². The number of hydrogen-bond acceptors (Lipinski definition) is 4. The maximum Gasteiger partial charge on any atom is 0.315 e. The number of carbonyl (C=O) groups excluding carboxylic acids is 1. The first-order valence-electron chi connectivity index (χ1n) is 9.91. The molecular formula is C22H25N5O2. The Morgan fingerprint density at radius 3 is 2.52 bits per heavy atom. The van der Waals surface area contributed by atoms with Crippen molar-refractivity contribution in [2.75, 3.05) is 18.0 Å². The Hall–Kier alpha value is -3.35. The number of fused-ring (bicyclic) bond motifs is 1. The first kappa shape index (κ1) is 19.0. The van der Waals surface area contributed by atoms with E-state index in [0.29, 0.717) is 25.5 Å². The predicted molar refractivity (Wildman–Crippen MR) is 114 cm³/mol. The maximum absolute atomic E-state index is 12.7. The van der Waals surface area contributed by atoms with Gasteiger partial charge in [0.05, 0.1) is 11.0 Å². The van der Waals surface area contributed by atoms with Crippen LogP contribution in [-0.4, -0.2) is 34.7 Å². The van der Waals surface area contributed by atoms with Crippen LogP contribution in [0.25, 0.3) is 11.0 Å². The maximum atomic E-state index is 12.7. The SMILES string of the molecule is Cn1c(=O)c(N2CCC(NC(=O)NCc3ccccc3)CC2)nc2ccccc21. The number of nitrogens with zero attached hydrogens (tertiary/aromatic N) is 3. The van der Waals surface area contributed by atoms with Crippen LogP contribution in [0.2, 0.25) is 0 Å². The summed E-state index contributed by atoms with van der Waals surface area (Å²) in [4.78, 5) is 31.5. The summed E-state index contributed by atoms with van der Waals surface area (Å²) in [5.74, 6) is 0.484. The number of aryl methyl sites for hydroxylation is 1. The lowest BCUT2D eigenvalue weighted by Crippen LogP contribution is -2.49. The number of anilines is 1. The molecule has 7 nitrogen and oxygen atoms in total. The molecule has 0 bridgehead atoms. The number of amides is 2. The molecule has 1 fully saturated rings. The molecule has 1 aliphatic heterocycles. The van der Waals surface area contributed by atoms with E-state index in [4.69, 9.17) is 0 Å². The van der Waals surface area contributed by atoms with E-state index < -0.39 is 0 Å². The third kappa shape index (κ3) is 4.23. The summed E-state index contributed by atoms with van der Waals surface area (Å²) in [6.07, 6.45) is 1.55. The summed E-state index contributed by atoms with van der Waals surface area (Å²) in [6.45, 7) is 1.87. The average molecular weight is 391 g/mol. The second-order valence-corrected chi connectivity index (χ2v) is 7.36. The molecule has 0 spiro atoms. The minimum Gasteiger partial charge on any atom is -0.352 e. The molecule has 29 heavy (non-hydrogen) atoms. The molecule has 0 saturated carbocycles. The number of benzene rings is 2. The summed E-state index contributed by atoms with van der Waals surface area (Å²) in [5, 5.41) is 5.93. The minimum absolute atomic E-state index is 0.0873. The van der Waals surface area contributed by atoms with Crippen molar-refractivity contribution in [3.63, 3.8) is 0 Å². The molecule has 0 radical (unpaired) electrons. The zero-order valence-corrected chi connectivity index (χ0v) is 16.5. The molecule has 2 amide bonds. The summed E-state index contributed by atoms with van der Waals surface area (Å²) in [5.41, 5.74) is 2.62. The van der Waals surface area contributed by atoms with Gasteiger partial charge in [0.25, 0.3) is 5.56 Å². The van der Waals surface area contributed by atoms with Crippen molar-refractivity contribution in [2.24, 2.45) is 7.05 Å². The highest BCUT2D eigenvalue weighted by molar-refractivity contribution is 5.76. The Morgan fingerprint density at radius 2 is 1.76 bits per heavy atom. The van der Waals surface area contributed by atoms with Gasteiger partial charge >= 0.3 is 6.03 Å². The lowest BCUT2D eigenvalue weighted by molar-refractivity contribution is 0.234. The fourth-order valence-corrected chi connectivity index (χ4v) is 3.72. The molecule has 3 aromatic rings. The second kappa shape index (κ2) is 8.34. The fraction of sp³-hybridized carbons (Fsp3) is 0.318. The van der Waals surface area contributed by atoms with Crippen LogP contribution in [0.1, 0.15) is 18.4 Å². The zero-order chi connectivity index (χ0) is 20.2. The number of hydrogen-bond donors (Lipinski definition) is 2. The molecule has 1 saturated heterocycles. The Kier molecular flexibility index (Phi) is 5.46. The average Bonchev–Trinajstić information content (AvgIpc) is 2.76. The summed E-state index contributed by atoms with van der Waals surface area (Å²) in [6, 6.07) is 17.4. The van der Waals surface area contributed by atoms with E-state index in [9.17, 15) is 9.59 Å². The lowest BCUT2D eigenvalue weighted by atomic mass is 10.1. The molecule has 4 rings (SSSR count). The molecule has 0 unspecified atom stereocenters. The quantitative estimate of drug-likeness (QED) is 0.716. The molecule has 150 valence electrons. The van der Waals surface area contributed by atoms with Gasteiger partial charge in [0.2, 0.25) is 0 Å². The van der Waals surface area contributed by atoms with E-state index in [0.717, 1.165) is 29.4 Å². The van der Waals surface area contributed by atoms with Gasteiger partial charge in [-0.25, -0.2) is 9.78 Å². The summed E-state index contributed by atoms with van der Waals surface area (Å²) in [7, 11) is 1.78. The summed E-state index contributed by atoms with van der Waals surface area (Å²) >= 11 is 0. The number of piperidine rings is 1. The minimum atomic E-state index is -0.160. The highest BCUT2D eigenvalue weighted by Crippen LogP contribution is 2.18. The number of rotatable bonds is 4. The molecule has 0 aliphatic carbocycles. The molecular weight excluding hydrogens is 366 g/mol. The normalized spacial score (nSPS) is 14.7. The summed E-state index contributed by atoms with van der Waals surface area (Å²) < 4.78 is 1.65. The van der Waals surface area contributed by atoms with Gasteiger partial charge in [-0.05, 0) is 30.5 Å². The van der Waals surface area contributed by atoms with Crippen LogP contribution in [0.3, 0.4) is 0 Å². The first-order valence-corrected chi connectivity index (χ1v) is 9.91. The fourth-order valence-electron chi connectivity index (χ4n) is 3.72. The van der Waals surface area contributed by atoms with Crippen LogP contribution in [0.4, 0.5) is 10.6 Å².